The lowest BCUT2D eigenvalue weighted by Crippen LogP contribution is -1.91. The van der Waals surface area contributed by atoms with Crippen LogP contribution in [0.4, 0.5) is 5.69 Å². The van der Waals surface area contributed by atoms with Gasteiger partial charge in [0.15, 0.2) is 0 Å². The molecule has 0 amide bonds. The first-order valence-corrected chi connectivity index (χ1v) is 6.36. The summed E-state index contributed by atoms with van der Waals surface area (Å²) in [5.41, 5.74) is 7.30. The van der Waals surface area contributed by atoms with Gasteiger partial charge in [-0.25, -0.2) is 4.79 Å². The molecular weight excluding hydrogens is 250 g/mol. The predicted molar refractivity (Wildman–Crippen MR) is 70.8 cm³/mol. The van der Waals surface area contributed by atoms with Crippen molar-refractivity contribution in [3.05, 3.63) is 47.4 Å². The SMILES string of the molecule is Cc1oc(C(=O)O)cc1CSc1cccc(N)c1. The molecule has 0 atom stereocenters. The Morgan fingerprint density at radius 3 is 2.83 bits per heavy atom. The molecule has 1 aromatic carbocycles. The minimum atomic E-state index is -1.04. The van der Waals surface area contributed by atoms with Gasteiger partial charge in [-0.05, 0) is 31.2 Å². The van der Waals surface area contributed by atoms with Crippen LogP contribution < -0.4 is 5.73 Å². The van der Waals surface area contributed by atoms with Gasteiger partial charge in [0.25, 0.3) is 0 Å². The third kappa shape index (κ3) is 2.87. The largest absolute Gasteiger partial charge is 0.475 e. The Balaban J connectivity index is 2.08. The molecule has 0 saturated heterocycles. The number of thioether (sulfide) groups is 1. The summed E-state index contributed by atoms with van der Waals surface area (Å²) < 4.78 is 5.15. The number of nitrogens with two attached hydrogens (primary N) is 1. The van der Waals surface area contributed by atoms with Gasteiger partial charge < -0.3 is 15.3 Å². The van der Waals surface area contributed by atoms with Gasteiger partial charge in [-0.3, -0.25) is 0 Å². The maximum atomic E-state index is 10.8. The molecule has 5 heteroatoms. The summed E-state index contributed by atoms with van der Waals surface area (Å²) >= 11 is 1.59. The fourth-order valence-electron chi connectivity index (χ4n) is 1.53. The maximum Gasteiger partial charge on any atom is 0.371 e. The van der Waals surface area contributed by atoms with E-state index >= 15 is 0 Å². The second kappa shape index (κ2) is 5.18. The number of anilines is 1. The molecule has 1 aromatic heterocycles. The van der Waals surface area contributed by atoms with Crippen LogP contribution in [0.3, 0.4) is 0 Å². The van der Waals surface area contributed by atoms with Crippen molar-refractivity contribution in [3.63, 3.8) is 0 Å². The van der Waals surface area contributed by atoms with Crippen LogP contribution in [-0.2, 0) is 5.75 Å². The number of benzene rings is 1. The molecular formula is C13H13NO3S. The Bertz CT molecular complexity index is 577. The van der Waals surface area contributed by atoms with Crippen molar-refractivity contribution in [2.45, 2.75) is 17.6 Å². The first-order valence-electron chi connectivity index (χ1n) is 5.37. The Hall–Kier alpha value is -1.88. The summed E-state index contributed by atoms with van der Waals surface area (Å²) in [5, 5.41) is 8.83. The van der Waals surface area contributed by atoms with E-state index in [0.717, 1.165) is 16.1 Å². The number of hydrogen-bond acceptors (Lipinski definition) is 4. The molecule has 94 valence electrons. The van der Waals surface area contributed by atoms with Gasteiger partial charge in [-0.2, -0.15) is 0 Å². The Kier molecular flexibility index (Phi) is 3.62. The smallest absolute Gasteiger partial charge is 0.371 e. The van der Waals surface area contributed by atoms with E-state index in [2.05, 4.69) is 0 Å². The number of carboxylic acids is 1. The fourth-order valence-corrected chi connectivity index (χ4v) is 2.54. The normalized spacial score (nSPS) is 10.5. The van der Waals surface area contributed by atoms with Crippen LogP contribution in [0.5, 0.6) is 0 Å². The standard InChI is InChI=1S/C13H13NO3S/c1-8-9(5-12(17-8)13(15)16)7-18-11-4-2-3-10(14)6-11/h2-6H,7,14H2,1H3,(H,15,16). The summed E-state index contributed by atoms with van der Waals surface area (Å²) in [6.45, 7) is 1.77. The summed E-state index contributed by atoms with van der Waals surface area (Å²) in [5.74, 6) is 0.240. The highest BCUT2D eigenvalue weighted by Crippen LogP contribution is 2.27. The molecule has 0 spiro atoms. The Labute approximate surface area is 109 Å². The minimum Gasteiger partial charge on any atom is -0.475 e. The molecule has 2 rings (SSSR count). The molecule has 0 saturated carbocycles. The molecule has 0 bridgehead atoms. The van der Waals surface area contributed by atoms with Gasteiger partial charge in [0, 0.05) is 21.9 Å². The van der Waals surface area contributed by atoms with E-state index in [-0.39, 0.29) is 5.76 Å². The second-order valence-corrected chi connectivity index (χ2v) is 4.91. The number of aromatic carboxylic acids is 1. The van der Waals surface area contributed by atoms with Crippen molar-refractivity contribution in [3.8, 4) is 0 Å². The van der Waals surface area contributed by atoms with E-state index in [0.29, 0.717) is 11.5 Å². The van der Waals surface area contributed by atoms with E-state index in [9.17, 15) is 4.79 Å². The van der Waals surface area contributed by atoms with Gasteiger partial charge >= 0.3 is 5.97 Å². The lowest BCUT2D eigenvalue weighted by molar-refractivity contribution is 0.0661. The molecule has 4 nitrogen and oxygen atoms in total. The van der Waals surface area contributed by atoms with E-state index in [1.165, 1.54) is 0 Å². The number of rotatable bonds is 4. The monoisotopic (exact) mass is 263 g/mol. The van der Waals surface area contributed by atoms with E-state index in [4.69, 9.17) is 15.3 Å². The molecule has 0 aliphatic carbocycles. The van der Waals surface area contributed by atoms with Gasteiger partial charge in [-0.1, -0.05) is 6.07 Å². The highest BCUT2D eigenvalue weighted by Gasteiger charge is 2.13. The van der Waals surface area contributed by atoms with Crippen molar-refractivity contribution in [2.75, 3.05) is 5.73 Å². The van der Waals surface area contributed by atoms with Crippen LogP contribution >= 0.6 is 11.8 Å². The number of carbonyl (C=O) groups is 1. The van der Waals surface area contributed by atoms with Crippen LogP contribution in [0.1, 0.15) is 21.9 Å². The number of furan rings is 1. The van der Waals surface area contributed by atoms with Crippen molar-refractivity contribution in [1.82, 2.24) is 0 Å². The third-order valence-electron chi connectivity index (χ3n) is 2.48. The summed E-state index contributed by atoms with van der Waals surface area (Å²) in [7, 11) is 0. The lowest BCUT2D eigenvalue weighted by Gasteiger charge is -2.01. The Morgan fingerprint density at radius 1 is 1.44 bits per heavy atom. The zero-order valence-corrected chi connectivity index (χ0v) is 10.7. The van der Waals surface area contributed by atoms with Gasteiger partial charge in [0.05, 0.1) is 0 Å². The number of carboxylic acid groups (broad SMARTS) is 1. The fraction of sp³-hybridized carbons (Fsp3) is 0.154. The lowest BCUT2D eigenvalue weighted by atomic mass is 10.3. The molecule has 0 radical (unpaired) electrons. The molecule has 0 aliphatic heterocycles. The van der Waals surface area contributed by atoms with Crippen LogP contribution in [0.25, 0.3) is 0 Å². The zero-order valence-electron chi connectivity index (χ0n) is 9.84. The zero-order chi connectivity index (χ0) is 13.1. The van der Waals surface area contributed by atoms with Crippen LogP contribution in [-0.4, -0.2) is 11.1 Å². The average molecular weight is 263 g/mol. The molecule has 0 aliphatic rings. The molecule has 3 N–H and O–H groups in total. The summed E-state index contributed by atoms with van der Waals surface area (Å²) in [6.07, 6.45) is 0. The molecule has 18 heavy (non-hydrogen) atoms. The van der Waals surface area contributed by atoms with Crippen LogP contribution in [0.15, 0.2) is 39.6 Å². The molecule has 2 aromatic rings. The maximum absolute atomic E-state index is 10.8. The van der Waals surface area contributed by atoms with Gasteiger partial charge in [0.2, 0.25) is 5.76 Å². The topological polar surface area (TPSA) is 76.5 Å². The molecule has 1 heterocycles. The number of hydrogen-bond donors (Lipinski definition) is 2. The first kappa shape index (κ1) is 12.6. The van der Waals surface area contributed by atoms with Crippen molar-refractivity contribution >= 4 is 23.4 Å². The third-order valence-corrected chi connectivity index (χ3v) is 3.53. The average Bonchev–Trinajstić information content (AvgIpc) is 2.68. The van der Waals surface area contributed by atoms with Gasteiger partial charge in [-0.15, -0.1) is 11.8 Å². The second-order valence-electron chi connectivity index (χ2n) is 3.86. The summed E-state index contributed by atoms with van der Waals surface area (Å²) in [6, 6.07) is 9.14. The van der Waals surface area contributed by atoms with E-state index in [1.54, 1.807) is 24.8 Å². The van der Waals surface area contributed by atoms with Crippen molar-refractivity contribution in [2.24, 2.45) is 0 Å². The summed E-state index contributed by atoms with van der Waals surface area (Å²) in [4.78, 5) is 11.8. The van der Waals surface area contributed by atoms with Crippen molar-refractivity contribution in [1.29, 1.82) is 0 Å². The number of nitrogen functional groups attached to an aromatic ring is 1. The predicted octanol–water partition coefficient (Wildman–Crippen LogP) is 3.16. The van der Waals surface area contributed by atoms with Gasteiger partial charge in [0.1, 0.15) is 5.76 Å². The van der Waals surface area contributed by atoms with Crippen LogP contribution in [0.2, 0.25) is 0 Å². The van der Waals surface area contributed by atoms with E-state index < -0.39 is 5.97 Å². The Morgan fingerprint density at radius 2 is 2.22 bits per heavy atom. The highest BCUT2D eigenvalue weighted by atomic mass is 32.2. The van der Waals surface area contributed by atoms with E-state index in [1.807, 2.05) is 24.3 Å². The minimum absolute atomic E-state index is 0.0179. The molecule has 0 unspecified atom stereocenters. The first-order chi connectivity index (χ1) is 8.56. The van der Waals surface area contributed by atoms with Crippen molar-refractivity contribution < 1.29 is 14.3 Å². The quantitative estimate of drug-likeness (QED) is 0.654. The molecule has 0 fully saturated rings. The highest BCUT2D eigenvalue weighted by molar-refractivity contribution is 7.98. The van der Waals surface area contributed by atoms with Crippen LogP contribution in [0, 0.1) is 6.92 Å². The number of aryl methyl sites for hydroxylation is 1.